The van der Waals surface area contributed by atoms with Gasteiger partial charge in [-0.1, -0.05) is 12.8 Å². The molecule has 1 aromatic carbocycles. The second-order valence-corrected chi connectivity index (χ2v) is 7.08. The zero-order valence-corrected chi connectivity index (χ0v) is 14.2. The number of hydrogen-bond acceptors (Lipinski definition) is 3. The number of nitrogens with one attached hydrogen (secondary N) is 1. The van der Waals surface area contributed by atoms with Crippen LogP contribution in [0.15, 0.2) is 16.6 Å². The average Bonchev–Trinajstić information content (AvgIpc) is 3.17. The molecule has 0 atom stereocenters. The smallest absolute Gasteiger partial charge is 0.175 e. The molecule has 3 rings (SSSR count). The summed E-state index contributed by atoms with van der Waals surface area (Å²) in [5, 5.41) is 3.53. The first-order valence-electron chi connectivity index (χ1n) is 7.99. The van der Waals surface area contributed by atoms with Crippen molar-refractivity contribution >= 4 is 15.9 Å². The predicted molar refractivity (Wildman–Crippen MR) is 88.0 cm³/mol. The molecular weight excluding hydrogens is 330 g/mol. The highest BCUT2D eigenvalue weighted by molar-refractivity contribution is 9.10. The summed E-state index contributed by atoms with van der Waals surface area (Å²) in [6.07, 6.45) is 7.89. The third-order valence-corrected chi connectivity index (χ3v) is 4.99. The van der Waals surface area contributed by atoms with Crippen LogP contribution < -0.4 is 14.8 Å². The third kappa shape index (κ3) is 4.13. The van der Waals surface area contributed by atoms with Crippen LogP contribution in [0.2, 0.25) is 0 Å². The second-order valence-electron chi connectivity index (χ2n) is 6.23. The van der Waals surface area contributed by atoms with Crippen molar-refractivity contribution in [2.45, 2.75) is 51.1 Å². The largest absolute Gasteiger partial charge is 0.493 e. The Morgan fingerprint density at radius 2 is 1.95 bits per heavy atom. The maximum atomic E-state index is 6.04. The van der Waals surface area contributed by atoms with Crippen molar-refractivity contribution in [1.82, 2.24) is 5.32 Å². The molecule has 2 aliphatic rings. The Kier molecular flexibility index (Phi) is 5.07. The molecule has 2 fully saturated rings. The monoisotopic (exact) mass is 353 g/mol. The number of rotatable bonds is 7. The van der Waals surface area contributed by atoms with Gasteiger partial charge in [0.25, 0.3) is 0 Å². The number of ether oxygens (including phenoxy) is 2. The van der Waals surface area contributed by atoms with Gasteiger partial charge in [0.05, 0.1) is 18.2 Å². The van der Waals surface area contributed by atoms with Gasteiger partial charge in [0.15, 0.2) is 11.5 Å². The molecule has 1 N–H and O–H groups in total. The van der Waals surface area contributed by atoms with E-state index in [4.69, 9.17) is 9.47 Å². The van der Waals surface area contributed by atoms with Gasteiger partial charge in [-0.3, -0.25) is 0 Å². The quantitative estimate of drug-likeness (QED) is 0.793. The first-order valence-corrected chi connectivity index (χ1v) is 8.78. The van der Waals surface area contributed by atoms with Crippen LogP contribution in [0.3, 0.4) is 0 Å². The fraction of sp³-hybridized carbons (Fsp3) is 0.647. The lowest BCUT2D eigenvalue weighted by Crippen LogP contribution is -2.15. The molecule has 0 radical (unpaired) electrons. The number of halogens is 1. The Balaban J connectivity index is 1.65. The standard InChI is InChI=1S/C17H24BrNO2/c1-20-16-9-13(10-19-14-6-7-14)8-15(18)17(16)21-11-12-4-2-3-5-12/h8-9,12,14,19H,2-7,10-11H2,1H3. The molecule has 2 saturated carbocycles. The Morgan fingerprint density at radius 3 is 2.62 bits per heavy atom. The van der Waals surface area contributed by atoms with E-state index in [-0.39, 0.29) is 0 Å². The van der Waals surface area contributed by atoms with Crippen molar-refractivity contribution in [3.05, 3.63) is 22.2 Å². The minimum atomic E-state index is 0.706. The zero-order valence-electron chi connectivity index (χ0n) is 12.7. The Morgan fingerprint density at radius 1 is 1.19 bits per heavy atom. The van der Waals surface area contributed by atoms with Crippen LogP contribution in [0, 0.1) is 5.92 Å². The summed E-state index contributed by atoms with van der Waals surface area (Å²) in [6, 6.07) is 4.94. The lowest BCUT2D eigenvalue weighted by Gasteiger charge is -2.17. The molecule has 0 aromatic heterocycles. The molecule has 0 amide bonds. The SMILES string of the molecule is COc1cc(CNC2CC2)cc(Br)c1OCC1CCCC1. The second kappa shape index (κ2) is 7.01. The number of methoxy groups -OCH3 is 1. The Hall–Kier alpha value is -0.740. The van der Waals surface area contributed by atoms with Crippen molar-refractivity contribution < 1.29 is 9.47 Å². The summed E-state index contributed by atoms with van der Waals surface area (Å²) in [5.74, 6) is 2.38. The van der Waals surface area contributed by atoms with Crippen LogP contribution in [-0.4, -0.2) is 19.8 Å². The van der Waals surface area contributed by atoms with E-state index in [1.54, 1.807) is 7.11 Å². The molecule has 3 nitrogen and oxygen atoms in total. The minimum Gasteiger partial charge on any atom is -0.493 e. The molecule has 0 spiro atoms. The van der Waals surface area contributed by atoms with Crippen LogP contribution in [-0.2, 0) is 6.54 Å². The van der Waals surface area contributed by atoms with Crippen LogP contribution in [0.4, 0.5) is 0 Å². The number of benzene rings is 1. The maximum Gasteiger partial charge on any atom is 0.175 e. The van der Waals surface area contributed by atoms with Crippen molar-refractivity contribution in [1.29, 1.82) is 0 Å². The topological polar surface area (TPSA) is 30.5 Å². The average molecular weight is 354 g/mol. The highest BCUT2D eigenvalue weighted by Gasteiger charge is 2.21. The van der Waals surface area contributed by atoms with Gasteiger partial charge < -0.3 is 14.8 Å². The third-order valence-electron chi connectivity index (χ3n) is 4.40. The molecule has 0 heterocycles. The van der Waals surface area contributed by atoms with E-state index in [0.29, 0.717) is 12.0 Å². The highest BCUT2D eigenvalue weighted by Crippen LogP contribution is 2.38. The molecule has 116 valence electrons. The summed E-state index contributed by atoms with van der Waals surface area (Å²) < 4.78 is 12.6. The van der Waals surface area contributed by atoms with Crippen molar-refractivity contribution in [2.24, 2.45) is 5.92 Å². The highest BCUT2D eigenvalue weighted by atomic mass is 79.9. The lowest BCUT2D eigenvalue weighted by molar-refractivity contribution is 0.239. The van der Waals surface area contributed by atoms with Crippen LogP contribution in [0.5, 0.6) is 11.5 Å². The zero-order chi connectivity index (χ0) is 14.7. The molecule has 2 aliphatic carbocycles. The summed E-state index contributed by atoms with van der Waals surface area (Å²) in [7, 11) is 1.71. The van der Waals surface area contributed by atoms with Crippen LogP contribution in [0.1, 0.15) is 44.1 Å². The Labute approximate surface area is 135 Å². The van der Waals surface area contributed by atoms with Crippen LogP contribution in [0.25, 0.3) is 0 Å². The van der Waals surface area contributed by atoms with Gasteiger partial charge in [-0.15, -0.1) is 0 Å². The van der Waals surface area contributed by atoms with E-state index in [1.165, 1.54) is 44.1 Å². The Bertz CT molecular complexity index is 482. The molecule has 4 heteroatoms. The minimum absolute atomic E-state index is 0.706. The molecule has 0 bridgehead atoms. The summed E-state index contributed by atoms with van der Waals surface area (Å²) in [5.41, 5.74) is 1.24. The fourth-order valence-electron chi connectivity index (χ4n) is 2.94. The van der Waals surface area contributed by atoms with Crippen LogP contribution >= 0.6 is 15.9 Å². The van der Waals surface area contributed by atoms with Crippen molar-refractivity contribution in [2.75, 3.05) is 13.7 Å². The summed E-state index contributed by atoms with van der Waals surface area (Å²) >= 11 is 3.64. The van der Waals surface area contributed by atoms with E-state index in [0.717, 1.165) is 29.1 Å². The fourth-order valence-corrected chi connectivity index (χ4v) is 3.55. The van der Waals surface area contributed by atoms with Gasteiger partial charge in [-0.25, -0.2) is 0 Å². The van der Waals surface area contributed by atoms with Crippen molar-refractivity contribution in [3.63, 3.8) is 0 Å². The maximum absolute atomic E-state index is 6.04. The molecule has 0 aliphatic heterocycles. The van der Waals surface area contributed by atoms with E-state index in [2.05, 4.69) is 33.4 Å². The first kappa shape index (κ1) is 15.2. The van der Waals surface area contributed by atoms with Gasteiger partial charge >= 0.3 is 0 Å². The van der Waals surface area contributed by atoms with Crippen molar-refractivity contribution in [3.8, 4) is 11.5 Å². The summed E-state index contributed by atoms with van der Waals surface area (Å²) in [6.45, 7) is 1.69. The summed E-state index contributed by atoms with van der Waals surface area (Å²) in [4.78, 5) is 0. The molecule has 0 saturated heterocycles. The lowest BCUT2D eigenvalue weighted by atomic mass is 10.1. The van der Waals surface area contributed by atoms with E-state index < -0.39 is 0 Å². The molecule has 1 aromatic rings. The van der Waals surface area contributed by atoms with Gasteiger partial charge in [0.2, 0.25) is 0 Å². The first-order chi connectivity index (χ1) is 10.3. The van der Waals surface area contributed by atoms with Gasteiger partial charge in [-0.05, 0) is 65.2 Å². The van der Waals surface area contributed by atoms with E-state index >= 15 is 0 Å². The normalized spacial score (nSPS) is 19.0. The van der Waals surface area contributed by atoms with E-state index in [9.17, 15) is 0 Å². The van der Waals surface area contributed by atoms with E-state index in [1.807, 2.05) is 0 Å². The molecule has 21 heavy (non-hydrogen) atoms. The number of hydrogen-bond donors (Lipinski definition) is 1. The molecular formula is C17H24BrNO2. The molecule has 0 unspecified atom stereocenters. The van der Waals surface area contributed by atoms with Gasteiger partial charge in [0.1, 0.15) is 0 Å². The van der Waals surface area contributed by atoms with Gasteiger partial charge in [-0.2, -0.15) is 0 Å². The van der Waals surface area contributed by atoms with Gasteiger partial charge in [0, 0.05) is 12.6 Å². The predicted octanol–water partition coefficient (Wildman–Crippen LogP) is 4.28.